The van der Waals surface area contributed by atoms with E-state index in [0.29, 0.717) is 0 Å². The highest BCUT2D eigenvalue weighted by molar-refractivity contribution is 5.94. The maximum atomic E-state index is 13.1. The van der Waals surface area contributed by atoms with Gasteiger partial charge in [0, 0.05) is 31.2 Å². The summed E-state index contributed by atoms with van der Waals surface area (Å²) in [6.07, 6.45) is 2.63. The lowest BCUT2D eigenvalue weighted by Crippen LogP contribution is -2.51. The Bertz CT molecular complexity index is 724. The molecule has 2 aliphatic rings. The molecule has 0 aromatic heterocycles. The SMILES string of the molecule is Cc1cccc(C(=O)N2CCN(C3CC3)CC2c2ccccc2)c1. The number of rotatable bonds is 3. The Balaban J connectivity index is 1.63. The van der Waals surface area contributed by atoms with Crippen molar-refractivity contribution in [3.05, 3.63) is 71.3 Å². The first kappa shape index (κ1) is 15.4. The number of piperazine rings is 1. The Morgan fingerprint density at radius 1 is 1.00 bits per heavy atom. The highest BCUT2D eigenvalue weighted by Crippen LogP contribution is 2.34. The number of hydrogen-bond donors (Lipinski definition) is 0. The number of carbonyl (C=O) groups excluding carboxylic acids is 1. The van der Waals surface area contributed by atoms with Crippen molar-refractivity contribution in [1.29, 1.82) is 0 Å². The summed E-state index contributed by atoms with van der Waals surface area (Å²) in [6, 6.07) is 19.3. The molecule has 0 spiro atoms. The lowest BCUT2D eigenvalue weighted by atomic mass is 10.0. The molecule has 1 amide bonds. The van der Waals surface area contributed by atoms with Gasteiger partial charge >= 0.3 is 0 Å². The molecule has 1 aliphatic carbocycles. The van der Waals surface area contributed by atoms with E-state index in [1.54, 1.807) is 0 Å². The van der Waals surface area contributed by atoms with Crippen molar-refractivity contribution in [3.63, 3.8) is 0 Å². The molecule has 4 rings (SSSR count). The van der Waals surface area contributed by atoms with Gasteiger partial charge in [-0.1, -0.05) is 48.0 Å². The van der Waals surface area contributed by atoms with Crippen molar-refractivity contribution in [3.8, 4) is 0 Å². The summed E-state index contributed by atoms with van der Waals surface area (Å²) < 4.78 is 0. The van der Waals surface area contributed by atoms with Crippen LogP contribution in [0.5, 0.6) is 0 Å². The molecule has 24 heavy (non-hydrogen) atoms. The van der Waals surface area contributed by atoms with Crippen molar-refractivity contribution < 1.29 is 4.79 Å². The van der Waals surface area contributed by atoms with Gasteiger partial charge in [-0.15, -0.1) is 0 Å². The van der Waals surface area contributed by atoms with Gasteiger partial charge in [-0.25, -0.2) is 0 Å². The van der Waals surface area contributed by atoms with Crippen LogP contribution in [0.2, 0.25) is 0 Å². The fourth-order valence-corrected chi connectivity index (χ4v) is 3.72. The highest BCUT2D eigenvalue weighted by atomic mass is 16.2. The lowest BCUT2D eigenvalue weighted by Gasteiger charge is -2.42. The quantitative estimate of drug-likeness (QED) is 0.862. The molecule has 0 radical (unpaired) electrons. The largest absolute Gasteiger partial charge is 0.329 e. The van der Waals surface area contributed by atoms with E-state index in [1.165, 1.54) is 18.4 Å². The van der Waals surface area contributed by atoms with Crippen LogP contribution < -0.4 is 0 Å². The van der Waals surface area contributed by atoms with Crippen molar-refractivity contribution in [2.24, 2.45) is 0 Å². The summed E-state index contributed by atoms with van der Waals surface area (Å²) in [5.74, 6) is 0.156. The Morgan fingerprint density at radius 3 is 2.50 bits per heavy atom. The van der Waals surface area contributed by atoms with Crippen LogP contribution in [0.15, 0.2) is 54.6 Å². The van der Waals surface area contributed by atoms with Gasteiger partial charge < -0.3 is 4.90 Å². The van der Waals surface area contributed by atoms with E-state index in [-0.39, 0.29) is 11.9 Å². The van der Waals surface area contributed by atoms with Crippen LogP contribution in [0, 0.1) is 6.92 Å². The minimum atomic E-state index is 0.147. The van der Waals surface area contributed by atoms with Crippen LogP contribution in [-0.2, 0) is 0 Å². The molecule has 3 nitrogen and oxygen atoms in total. The third-order valence-corrected chi connectivity index (χ3v) is 5.19. The zero-order valence-electron chi connectivity index (χ0n) is 14.2. The third-order valence-electron chi connectivity index (χ3n) is 5.19. The summed E-state index contributed by atoms with van der Waals surface area (Å²) in [4.78, 5) is 17.8. The predicted octanol–water partition coefficient (Wildman–Crippen LogP) is 3.66. The Labute approximate surface area is 143 Å². The third kappa shape index (κ3) is 3.09. The molecule has 1 saturated carbocycles. The topological polar surface area (TPSA) is 23.6 Å². The smallest absolute Gasteiger partial charge is 0.254 e. The van der Waals surface area contributed by atoms with Crippen LogP contribution in [0.4, 0.5) is 0 Å². The van der Waals surface area contributed by atoms with E-state index >= 15 is 0 Å². The van der Waals surface area contributed by atoms with Crippen molar-refractivity contribution >= 4 is 5.91 Å². The highest BCUT2D eigenvalue weighted by Gasteiger charge is 2.37. The van der Waals surface area contributed by atoms with Crippen LogP contribution in [0.1, 0.15) is 40.4 Å². The fourth-order valence-electron chi connectivity index (χ4n) is 3.72. The van der Waals surface area contributed by atoms with E-state index in [0.717, 1.165) is 36.8 Å². The molecule has 1 aliphatic heterocycles. The molecular formula is C21H24N2O. The maximum absolute atomic E-state index is 13.1. The second kappa shape index (κ2) is 6.40. The van der Waals surface area contributed by atoms with Gasteiger partial charge in [0.05, 0.1) is 6.04 Å². The Hall–Kier alpha value is -2.13. The zero-order chi connectivity index (χ0) is 16.5. The van der Waals surface area contributed by atoms with E-state index in [1.807, 2.05) is 37.3 Å². The first-order chi connectivity index (χ1) is 11.7. The summed E-state index contributed by atoms with van der Waals surface area (Å²) in [7, 11) is 0. The van der Waals surface area contributed by atoms with Crippen molar-refractivity contribution in [2.45, 2.75) is 31.8 Å². The van der Waals surface area contributed by atoms with Gasteiger partial charge in [-0.05, 0) is 37.5 Å². The number of hydrogen-bond acceptors (Lipinski definition) is 2. The average molecular weight is 320 g/mol. The number of nitrogens with zero attached hydrogens (tertiary/aromatic N) is 2. The molecule has 1 saturated heterocycles. The maximum Gasteiger partial charge on any atom is 0.254 e. The normalized spacial score (nSPS) is 21.7. The molecule has 2 aromatic carbocycles. The van der Waals surface area contributed by atoms with E-state index < -0.39 is 0 Å². The Morgan fingerprint density at radius 2 is 1.79 bits per heavy atom. The van der Waals surface area contributed by atoms with E-state index in [9.17, 15) is 4.79 Å². The van der Waals surface area contributed by atoms with Crippen LogP contribution in [0.3, 0.4) is 0 Å². The lowest BCUT2D eigenvalue weighted by molar-refractivity contribution is 0.0433. The summed E-state index contributed by atoms with van der Waals surface area (Å²) in [6.45, 7) is 4.79. The van der Waals surface area contributed by atoms with Gasteiger partial charge in [0.1, 0.15) is 0 Å². The van der Waals surface area contributed by atoms with Crippen molar-refractivity contribution in [1.82, 2.24) is 9.80 Å². The molecule has 1 atom stereocenters. The van der Waals surface area contributed by atoms with Crippen LogP contribution in [0.25, 0.3) is 0 Å². The summed E-state index contributed by atoms with van der Waals surface area (Å²) in [5, 5.41) is 0. The predicted molar refractivity (Wildman–Crippen MR) is 96.0 cm³/mol. The first-order valence-corrected chi connectivity index (χ1v) is 8.89. The van der Waals surface area contributed by atoms with E-state index in [2.05, 4.69) is 34.1 Å². The van der Waals surface area contributed by atoms with Crippen LogP contribution >= 0.6 is 0 Å². The zero-order valence-corrected chi connectivity index (χ0v) is 14.2. The average Bonchev–Trinajstić information content (AvgIpc) is 3.46. The summed E-state index contributed by atoms with van der Waals surface area (Å²) in [5.41, 5.74) is 3.17. The monoisotopic (exact) mass is 320 g/mol. The number of carbonyl (C=O) groups is 1. The minimum Gasteiger partial charge on any atom is -0.329 e. The molecule has 0 bridgehead atoms. The Kier molecular flexibility index (Phi) is 4.11. The number of amides is 1. The number of aryl methyl sites for hydroxylation is 1. The van der Waals surface area contributed by atoms with Gasteiger partial charge in [0.15, 0.2) is 0 Å². The second-order valence-corrected chi connectivity index (χ2v) is 7.02. The van der Waals surface area contributed by atoms with Crippen molar-refractivity contribution in [2.75, 3.05) is 19.6 Å². The molecule has 124 valence electrons. The van der Waals surface area contributed by atoms with Gasteiger partial charge in [0.25, 0.3) is 5.91 Å². The number of benzene rings is 2. The molecule has 2 fully saturated rings. The molecule has 1 unspecified atom stereocenters. The molecule has 1 heterocycles. The van der Waals surface area contributed by atoms with E-state index in [4.69, 9.17) is 0 Å². The standard InChI is InChI=1S/C21H24N2O/c1-16-6-5-9-18(14-16)21(24)23-13-12-22(19-10-11-19)15-20(23)17-7-3-2-4-8-17/h2-9,14,19-20H,10-13,15H2,1H3. The first-order valence-electron chi connectivity index (χ1n) is 8.89. The summed E-state index contributed by atoms with van der Waals surface area (Å²) >= 11 is 0. The van der Waals surface area contributed by atoms with Crippen LogP contribution in [-0.4, -0.2) is 41.4 Å². The molecule has 2 aromatic rings. The molecular weight excluding hydrogens is 296 g/mol. The van der Waals surface area contributed by atoms with Gasteiger partial charge in [0.2, 0.25) is 0 Å². The van der Waals surface area contributed by atoms with Gasteiger partial charge in [-0.3, -0.25) is 9.69 Å². The fraction of sp³-hybridized carbons (Fsp3) is 0.381. The molecule has 3 heteroatoms. The molecule has 0 N–H and O–H groups in total. The van der Waals surface area contributed by atoms with Gasteiger partial charge in [-0.2, -0.15) is 0 Å². The second-order valence-electron chi connectivity index (χ2n) is 7.02. The minimum absolute atomic E-state index is 0.147.